The van der Waals surface area contributed by atoms with Gasteiger partial charge in [-0.1, -0.05) is 74.5 Å². The summed E-state index contributed by atoms with van der Waals surface area (Å²) in [5.74, 6) is -2.09. The molecule has 8 amide bonds. The van der Waals surface area contributed by atoms with Crippen molar-refractivity contribution in [1.82, 2.24) is 41.7 Å². The molecule has 0 radical (unpaired) electrons. The van der Waals surface area contributed by atoms with Crippen LogP contribution in [0.5, 0.6) is 0 Å². The van der Waals surface area contributed by atoms with Crippen LogP contribution in [-0.4, -0.2) is 127 Å². The van der Waals surface area contributed by atoms with Crippen molar-refractivity contribution in [3.63, 3.8) is 0 Å². The van der Waals surface area contributed by atoms with Gasteiger partial charge < -0.3 is 51.2 Å². The Bertz CT molecular complexity index is 1930. The van der Waals surface area contributed by atoms with E-state index in [9.17, 15) is 33.6 Å². The number of nitrogens with zero attached hydrogens (tertiary/aromatic N) is 2. The van der Waals surface area contributed by atoms with Crippen molar-refractivity contribution in [2.45, 2.75) is 142 Å². The van der Waals surface area contributed by atoms with Gasteiger partial charge in [0.2, 0.25) is 23.6 Å². The maximum absolute atomic E-state index is 14.4. The second-order valence-corrected chi connectivity index (χ2v) is 20.1. The molecule has 4 atom stereocenters. The lowest BCUT2D eigenvalue weighted by molar-refractivity contribution is -0.141. The predicted octanol–water partition coefficient (Wildman–Crippen LogP) is 4.82. The second-order valence-electron chi connectivity index (χ2n) is 20.1. The maximum Gasteiger partial charge on any atom is 0.408 e. The topological polar surface area (TPSA) is 217 Å². The fourth-order valence-electron chi connectivity index (χ4n) is 8.13. The quantitative estimate of drug-likeness (QED) is 0.106. The molecule has 4 unspecified atom stereocenters. The fourth-order valence-corrected chi connectivity index (χ4v) is 8.13. The van der Waals surface area contributed by atoms with Gasteiger partial charge in [0.1, 0.15) is 35.4 Å². The van der Waals surface area contributed by atoms with Gasteiger partial charge in [-0.2, -0.15) is 0 Å². The summed E-state index contributed by atoms with van der Waals surface area (Å²) in [5.41, 5.74) is -0.0129. The van der Waals surface area contributed by atoms with Gasteiger partial charge in [-0.05, 0) is 97.1 Å². The number of urea groups is 1. The molecule has 0 aliphatic carbocycles. The number of carbonyl (C=O) groups is 7. The first-order valence-electron chi connectivity index (χ1n) is 23.3. The lowest BCUT2D eigenvalue weighted by atomic mass is 9.72. The molecule has 17 heteroatoms. The zero-order chi connectivity index (χ0) is 48.7. The fraction of sp³-hybridized carbons (Fsp3) is 0.612. The lowest BCUT2D eigenvalue weighted by Crippen LogP contribution is -2.64. The Labute approximate surface area is 390 Å². The maximum atomic E-state index is 14.4. The molecule has 0 bridgehead atoms. The van der Waals surface area contributed by atoms with Crippen molar-refractivity contribution >= 4 is 41.8 Å². The Balaban J connectivity index is 1.53. The number of nitrogens with one attached hydrogen (secondary N) is 6. The van der Waals surface area contributed by atoms with Crippen LogP contribution < -0.4 is 31.9 Å². The van der Waals surface area contributed by atoms with E-state index in [1.807, 2.05) is 74.5 Å². The molecule has 2 aromatic carbocycles. The number of benzene rings is 2. The van der Waals surface area contributed by atoms with E-state index < -0.39 is 65.3 Å². The van der Waals surface area contributed by atoms with Crippen LogP contribution in [0.1, 0.15) is 105 Å². The van der Waals surface area contributed by atoms with E-state index >= 15 is 0 Å². The first-order valence-corrected chi connectivity index (χ1v) is 23.3. The van der Waals surface area contributed by atoms with Crippen LogP contribution in [0.15, 0.2) is 60.7 Å². The Hall–Kier alpha value is -5.87. The van der Waals surface area contributed by atoms with Crippen LogP contribution >= 0.6 is 0 Å². The molecule has 2 aliphatic heterocycles. The molecule has 2 aromatic rings. The Morgan fingerprint density at radius 1 is 0.621 bits per heavy atom. The van der Waals surface area contributed by atoms with Gasteiger partial charge in [0.15, 0.2) is 0 Å². The second kappa shape index (κ2) is 24.1. The highest BCUT2D eigenvalue weighted by Crippen LogP contribution is 2.40. The normalized spacial score (nSPS) is 16.4. The molecule has 0 saturated carbocycles. The minimum atomic E-state index is -1.16. The predicted molar refractivity (Wildman–Crippen MR) is 251 cm³/mol. The summed E-state index contributed by atoms with van der Waals surface area (Å²) in [7, 11) is 1.60. The summed E-state index contributed by atoms with van der Waals surface area (Å²) < 4.78 is 10.8. The largest absolute Gasteiger partial charge is 0.444 e. The SMILES string of the molecule is CNC(=O)N1CC2(CCN(C(=O)C(CCCCNC(=O)OC(C)(C)C)NC(=O)C(CC(C)C)NC(=O)C(Cc3ccccc3)NC(=O)C(Cc3ccccc3)NC(=O)OC(C)(C)C)CC2)C1. The molecule has 364 valence electrons. The van der Waals surface area contributed by atoms with Crippen LogP contribution in [0.25, 0.3) is 0 Å². The number of likely N-dealkylation sites (tertiary alicyclic amines) is 2. The van der Waals surface area contributed by atoms with Crippen LogP contribution in [-0.2, 0) is 41.5 Å². The van der Waals surface area contributed by atoms with Crippen LogP contribution in [0.2, 0.25) is 0 Å². The number of alkyl carbamates (subject to hydrolysis) is 2. The monoisotopic (exact) mass is 919 g/mol. The smallest absolute Gasteiger partial charge is 0.408 e. The summed E-state index contributed by atoms with van der Waals surface area (Å²) in [4.78, 5) is 98.3. The van der Waals surface area contributed by atoms with E-state index in [0.29, 0.717) is 58.4 Å². The number of hydrogen-bond donors (Lipinski definition) is 6. The highest BCUT2D eigenvalue weighted by atomic mass is 16.6. The summed E-state index contributed by atoms with van der Waals surface area (Å²) in [6.45, 7) is 16.8. The van der Waals surface area contributed by atoms with E-state index in [0.717, 1.165) is 11.1 Å². The van der Waals surface area contributed by atoms with Gasteiger partial charge in [-0.3, -0.25) is 19.2 Å². The first kappa shape index (κ1) is 52.8. The average molecular weight is 919 g/mol. The summed E-state index contributed by atoms with van der Waals surface area (Å²) in [6.07, 6.45) is 1.79. The summed E-state index contributed by atoms with van der Waals surface area (Å²) in [5, 5.41) is 16.8. The Morgan fingerprint density at radius 3 is 1.59 bits per heavy atom. The molecule has 0 aromatic heterocycles. The summed E-state index contributed by atoms with van der Waals surface area (Å²) in [6, 6.07) is 13.9. The third-order valence-corrected chi connectivity index (χ3v) is 11.4. The summed E-state index contributed by atoms with van der Waals surface area (Å²) >= 11 is 0. The highest BCUT2D eigenvalue weighted by Gasteiger charge is 2.47. The third-order valence-electron chi connectivity index (χ3n) is 11.4. The molecule has 2 fully saturated rings. The van der Waals surface area contributed by atoms with E-state index in [1.54, 1.807) is 58.4 Å². The standard InChI is InChI=1S/C49H74N8O9/c1-33(2)28-37(53-41(59)38(29-34-18-12-10-13-19-34)54-42(60)39(30-35-20-14-11-15-21-35)55-46(64)66-48(6,7)8)40(58)52-36(22-16-17-25-51-45(63)65-47(3,4)5)43(61)56-26-23-49(24-27-56)31-57(32-49)44(62)50-9/h10-15,18-21,33,36-39H,16-17,22-32H2,1-9H3,(H,50,62)(H,51,63)(H,52,58)(H,53,59)(H,54,60)(H,55,64). The molecule has 4 rings (SSSR count). The molecule has 17 nitrogen and oxygen atoms in total. The Morgan fingerprint density at radius 2 is 1.09 bits per heavy atom. The van der Waals surface area contributed by atoms with Gasteiger partial charge >= 0.3 is 18.2 Å². The van der Waals surface area contributed by atoms with Gasteiger partial charge in [0, 0.05) is 58.0 Å². The van der Waals surface area contributed by atoms with Crippen LogP contribution in [0, 0.1) is 11.3 Å². The minimum absolute atomic E-state index is 0.0545. The van der Waals surface area contributed by atoms with Crippen molar-refractivity contribution in [2.75, 3.05) is 39.8 Å². The molecular weight excluding hydrogens is 845 g/mol. The van der Waals surface area contributed by atoms with Crippen molar-refractivity contribution < 1.29 is 43.0 Å². The van der Waals surface area contributed by atoms with Gasteiger partial charge in [-0.15, -0.1) is 0 Å². The van der Waals surface area contributed by atoms with Crippen LogP contribution in [0.4, 0.5) is 14.4 Å². The number of amides is 8. The molecule has 2 aliphatic rings. The molecule has 66 heavy (non-hydrogen) atoms. The number of hydrogen-bond acceptors (Lipinski definition) is 9. The number of piperidine rings is 1. The zero-order valence-electron chi connectivity index (χ0n) is 40.4. The molecule has 2 heterocycles. The molecule has 6 N–H and O–H groups in total. The minimum Gasteiger partial charge on any atom is -0.444 e. The van der Waals surface area contributed by atoms with Crippen molar-refractivity contribution in [3.8, 4) is 0 Å². The van der Waals surface area contributed by atoms with Gasteiger partial charge in [0.05, 0.1) is 0 Å². The van der Waals surface area contributed by atoms with Crippen LogP contribution in [0.3, 0.4) is 0 Å². The van der Waals surface area contributed by atoms with Crippen molar-refractivity contribution in [2.24, 2.45) is 11.3 Å². The van der Waals surface area contributed by atoms with E-state index in [-0.39, 0.29) is 49.0 Å². The molecule has 2 saturated heterocycles. The molecular formula is C49H74N8O9. The zero-order valence-corrected chi connectivity index (χ0v) is 40.4. The number of rotatable bonds is 19. The average Bonchev–Trinajstić information content (AvgIpc) is 3.23. The Kier molecular flexibility index (Phi) is 19.2. The van der Waals surface area contributed by atoms with Crippen molar-refractivity contribution in [3.05, 3.63) is 71.8 Å². The first-order chi connectivity index (χ1) is 31.0. The third kappa shape index (κ3) is 17.5. The number of ether oxygens (including phenoxy) is 2. The lowest BCUT2D eigenvalue weighted by Gasteiger charge is -2.53. The van der Waals surface area contributed by atoms with Gasteiger partial charge in [0.25, 0.3) is 0 Å². The van der Waals surface area contributed by atoms with Crippen molar-refractivity contribution in [1.29, 1.82) is 0 Å². The van der Waals surface area contributed by atoms with E-state index in [4.69, 9.17) is 9.47 Å². The number of carbonyl (C=O) groups excluding carboxylic acids is 7. The van der Waals surface area contributed by atoms with E-state index in [2.05, 4.69) is 31.9 Å². The van der Waals surface area contributed by atoms with Gasteiger partial charge in [-0.25, -0.2) is 14.4 Å². The molecule has 1 spiro atoms. The number of unbranched alkanes of at least 4 members (excludes halogenated alkanes) is 1. The van der Waals surface area contributed by atoms with E-state index in [1.165, 1.54) is 0 Å². The highest BCUT2D eigenvalue weighted by molar-refractivity contribution is 5.95.